The third-order valence-electron chi connectivity index (χ3n) is 2.58. The Morgan fingerprint density at radius 3 is 1.35 bits per heavy atom. The summed E-state index contributed by atoms with van der Waals surface area (Å²) in [5.41, 5.74) is -2.32. The van der Waals surface area contributed by atoms with Gasteiger partial charge in [0.05, 0.1) is 0 Å². The van der Waals surface area contributed by atoms with E-state index in [1.165, 1.54) is 24.3 Å². The first-order valence-corrected chi connectivity index (χ1v) is 7.17. The van der Waals surface area contributed by atoms with Crippen molar-refractivity contribution in [2.75, 3.05) is 0 Å². The zero-order valence-electron chi connectivity index (χ0n) is 10.9. The first-order valence-electron chi connectivity index (χ1n) is 5.54. The molecule has 0 aliphatic heterocycles. The summed E-state index contributed by atoms with van der Waals surface area (Å²) in [5.74, 6) is 0. The third kappa shape index (κ3) is 3.83. The summed E-state index contributed by atoms with van der Waals surface area (Å²) in [6.45, 7) is 0. The molecule has 0 saturated carbocycles. The molecule has 0 saturated heterocycles. The van der Waals surface area contributed by atoms with Crippen LogP contribution in [0.4, 0.5) is 0 Å². The van der Waals surface area contributed by atoms with E-state index >= 15 is 0 Å². The van der Waals surface area contributed by atoms with E-state index < -0.39 is 18.4 Å². The summed E-state index contributed by atoms with van der Waals surface area (Å²) < 4.78 is 12.0. The molecule has 96 valence electrons. The summed E-state index contributed by atoms with van der Waals surface area (Å²) in [6.07, 6.45) is 0. The van der Waals surface area contributed by atoms with Crippen molar-refractivity contribution in [3.05, 3.63) is 71.8 Å². The summed E-state index contributed by atoms with van der Waals surface area (Å²) >= 11 is 0. The molecule has 0 heterocycles. The molecule has 0 spiro atoms. The van der Waals surface area contributed by atoms with Crippen molar-refractivity contribution >= 4 is 18.4 Å². The van der Waals surface area contributed by atoms with Gasteiger partial charge in [-0.2, -0.15) is 0 Å². The Morgan fingerprint density at radius 1 is 0.750 bits per heavy atom. The quantitative estimate of drug-likeness (QED) is 0.553. The standard InChI is InChI=1S/C14H11O4P.K/c15-13(11-7-3-1-4-8-11)19(17,18)14(16)12-9-5-2-6-10-12;/h1-10H,(H,17,18);/q;+1/p-1. The van der Waals surface area contributed by atoms with Gasteiger partial charge in [-0.3, -0.25) is 9.59 Å². The second-order valence-electron chi connectivity index (χ2n) is 3.89. The van der Waals surface area contributed by atoms with Crippen molar-refractivity contribution < 1.29 is 70.4 Å². The zero-order chi connectivity index (χ0) is 13.9. The number of benzene rings is 2. The zero-order valence-corrected chi connectivity index (χ0v) is 14.9. The van der Waals surface area contributed by atoms with E-state index in [4.69, 9.17) is 0 Å². The van der Waals surface area contributed by atoms with Crippen molar-refractivity contribution in [2.24, 2.45) is 0 Å². The molecular formula is C14H10KO4P. The molecule has 4 nitrogen and oxygen atoms in total. The van der Waals surface area contributed by atoms with Crippen molar-refractivity contribution in [1.29, 1.82) is 0 Å². The van der Waals surface area contributed by atoms with Gasteiger partial charge in [-0.05, 0) is 0 Å². The first kappa shape index (κ1) is 17.7. The van der Waals surface area contributed by atoms with Crippen LogP contribution in [0.3, 0.4) is 0 Å². The molecular weight excluding hydrogens is 302 g/mol. The fourth-order valence-corrected chi connectivity index (χ4v) is 2.76. The molecule has 0 amide bonds. The van der Waals surface area contributed by atoms with Crippen LogP contribution in [0.15, 0.2) is 60.7 Å². The van der Waals surface area contributed by atoms with E-state index in [0.717, 1.165) is 0 Å². The molecule has 2 aromatic rings. The van der Waals surface area contributed by atoms with E-state index in [1.807, 2.05) is 0 Å². The fourth-order valence-electron chi connectivity index (χ4n) is 1.59. The van der Waals surface area contributed by atoms with E-state index in [2.05, 4.69) is 0 Å². The molecule has 0 atom stereocenters. The van der Waals surface area contributed by atoms with Crippen molar-refractivity contribution in [1.82, 2.24) is 0 Å². The molecule has 0 aliphatic rings. The van der Waals surface area contributed by atoms with Crippen LogP contribution in [-0.2, 0) is 4.57 Å². The van der Waals surface area contributed by atoms with Gasteiger partial charge in [-0.25, -0.2) is 0 Å². The van der Waals surface area contributed by atoms with Crippen LogP contribution in [-0.4, -0.2) is 11.0 Å². The molecule has 0 N–H and O–H groups in total. The molecule has 6 heteroatoms. The minimum Gasteiger partial charge on any atom is -0.788 e. The molecule has 0 aromatic heterocycles. The average molecular weight is 312 g/mol. The number of rotatable bonds is 4. The molecule has 0 aliphatic carbocycles. The topological polar surface area (TPSA) is 74.3 Å². The minimum absolute atomic E-state index is 0. The van der Waals surface area contributed by atoms with Gasteiger partial charge in [0.1, 0.15) is 0 Å². The van der Waals surface area contributed by atoms with Gasteiger partial charge in [-0.1, -0.05) is 60.7 Å². The monoisotopic (exact) mass is 312 g/mol. The van der Waals surface area contributed by atoms with Crippen LogP contribution in [0.1, 0.15) is 20.7 Å². The minimum atomic E-state index is -4.85. The van der Waals surface area contributed by atoms with Crippen LogP contribution in [0.2, 0.25) is 0 Å². The number of hydrogen-bond donors (Lipinski definition) is 0. The number of carbonyl (C=O) groups excluding carboxylic acids is 2. The largest absolute Gasteiger partial charge is 1.00 e. The number of hydrogen-bond acceptors (Lipinski definition) is 4. The molecule has 0 radical (unpaired) electrons. The summed E-state index contributed by atoms with van der Waals surface area (Å²) in [6, 6.07) is 14.9. The maximum absolute atomic E-state index is 12.0. The Morgan fingerprint density at radius 2 is 1.05 bits per heavy atom. The van der Waals surface area contributed by atoms with Gasteiger partial charge >= 0.3 is 51.4 Å². The second kappa shape index (κ2) is 7.57. The van der Waals surface area contributed by atoms with E-state index in [1.54, 1.807) is 36.4 Å². The fraction of sp³-hybridized carbons (Fsp3) is 0. The van der Waals surface area contributed by atoms with Gasteiger partial charge in [0.25, 0.3) is 0 Å². The molecule has 0 fully saturated rings. The molecule has 0 bridgehead atoms. The van der Waals surface area contributed by atoms with Gasteiger partial charge in [0.15, 0.2) is 7.37 Å². The Balaban J connectivity index is 0.00000200. The predicted molar refractivity (Wildman–Crippen MR) is 69.2 cm³/mol. The van der Waals surface area contributed by atoms with Crippen LogP contribution in [0.25, 0.3) is 0 Å². The van der Waals surface area contributed by atoms with Crippen LogP contribution < -0.4 is 56.3 Å². The van der Waals surface area contributed by atoms with Gasteiger partial charge in [0, 0.05) is 11.1 Å². The van der Waals surface area contributed by atoms with Gasteiger partial charge in [-0.15, -0.1) is 0 Å². The summed E-state index contributed by atoms with van der Waals surface area (Å²) in [7, 11) is -4.85. The van der Waals surface area contributed by atoms with Crippen LogP contribution in [0.5, 0.6) is 0 Å². The van der Waals surface area contributed by atoms with Gasteiger partial charge in [0.2, 0.25) is 11.0 Å². The molecule has 2 aromatic carbocycles. The van der Waals surface area contributed by atoms with Crippen LogP contribution in [0, 0.1) is 0 Å². The van der Waals surface area contributed by atoms with Crippen molar-refractivity contribution in [2.45, 2.75) is 0 Å². The average Bonchev–Trinajstić information content (AvgIpc) is 2.47. The third-order valence-corrected chi connectivity index (χ3v) is 4.16. The molecule has 0 unspecified atom stereocenters. The SMILES string of the molecule is O=C(c1ccccc1)P(=O)([O-])C(=O)c1ccccc1.[K+]. The Hall–Kier alpha value is -0.394. The van der Waals surface area contributed by atoms with Crippen molar-refractivity contribution in [3.8, 4) is 0 Å². The predicted octanol–water partition coefficient (Wildman–Crippen LogP) is -0.690. The Labute approximate surface area is 159 Å². The first-order chi connectivity index (χ1) is 9.03. The van der Waals surface area contributed by atoms with Crippen LogP contribution >= 0.6 is 7.37 Å². The van der Waals surface area contributed by atoms with E-state index in [9.17, 15) is 19.0 Å². The molecule has 20 heavy (non-hydrogen) atoms. The van der Waals surface area contributed by atoms with E-state index in [-0.39, 0.29) is 62.5 Å². The summed E-state index contributed by atoms with van der Waals surface area (Å²) in [5, 5.41) is 0. The summed E-state index contributed by atoms with van der Waals surface area (Å²) in [4.78, 5) is 35.7. The Kier molecular flexibility index (Phi) is 6.68. The van der Waals surface area contributed by atoms with Gasteiger partial charge < -0.3 is 9.46 Å². The second-order valence-corrected chi connectivity index (χ2v) is 5.81. The van der Waals surface area contributed by atoms with Crippen molar-refractivity contribution in [3.63, 3.8) is 0 Å². The molecule has 2 rings (SSSR count). The maximum Gasteiger partial charge on any atom is 1.00 e. The maximum atomic E-state index is 12.0. The normalized spacial score (nSPS) is 10.4. The van der Waals surface area contributed by atoms with E-state index in [0.29, 0.717) is 0 Å². The Bertz CT molecular complexity index is 600. The number of carbonyl (C=O) groups is 2. The smallest absolute Gasteiger partial charge is 0.788 e.